The van der Waals surface area contributed by atoms with Crippen LogP contribution in [0.3, 0.4) is 0 Å². The summed E-state index contributed by atoms with van der Waals surface area (Å²) in [7, 11) is 0. The highest BCUT2D eigenvalue weighted by Gasteiger charge is 2.20. The molecule has 1 aliphatic rings. The molecule has 98 valence electrons. The Kier molecular flexibility index (Phi) is 4.07. The van der Waals surface area contributed by atoms with Crippen LogP contribution in [-0.4, -0.2) is 25.7 Å². The number of nitrogens with zero attached hydrogens (tertiary/aromatic N) is 1. The van der Waals surface area contributed by atoms with E-state index in [0.717, 1.165) is 31.0 Å². The Morgan fingerprint density at radius 1 is 1.50 bits per heavy atom. The smallest absolute Gasteiger partial charge is 0.321 e. The number of nitrogens with one attached hydrogen (secondary N) is 2. The maximum Gasteiger partial charge on any atom is 0.321 e. The van der Waals surface area contributed by atoms with Gasteiger partial charge in [-0.2, -0.15) is 0 Å². The number of carbonyl (C=O) groups excluding carboxylic acids is 1. The molecule has 0 bridgehead atoms. The normalized spacial score (nSPS) is 16.6. The highest BCUT2D eigenvalue weighted by Crippen LogP contribution is 2.21. The number of urea groups is 1. The summed E-state index contributed by atoms with van der Waals surface area (Å²) in [5.41, 5.74) is 2.03. The van der Waals surface area contributed by atoms with Gasteiger partial charge in [-0.3, -0.25) is 4.90 Å². The van der Waals surface area contributed by atoms with Crippen molar-refractivity contribution >= 4 is 17.4 Å². The fourth-order valence-corrected chi connectivity index (χ4v) is 1.94. The lowest BCUT2D eigenvalue weighted by molar-refractivity contribution is 0.252. The van der Waals surface area contributed by atoms with Crippen LogP contribution in [-0.2, 0) is 0 Å². The van der Waals surface area contributed by atoms with Crippen molar-refractivity contribution in [3.05, 3.63) is 24.3 Å². The topological polar surface area (TPSA) is 44.4 Å². The minimum atomic E-state index is -0.00548. The lowest BCUT2D eigenvalue weighted by atomic mass is 10.1. The Hall–Kier alpha value is -1.71. The highest BCUT2D eigenvalue weighted by atomic mass is 16.2. The van der Waals surface area contributed by atoms with Crippen LogP contribution in [0, 0.1) is 5.92 Å². The first-order valence-corrected chi connectivity index (χ1v) is 6.60. The molecule has 1 fully saturated rings. The van der Waals surface area contributed by atoms with Gasteiger partial charge in [-0.15, -0.1) is 0 Å². The van der Waals surface area contributed by atoms with E-state index in [2.05, 4.69) is 24.5 Å². The lowest BCUT2D eigenvalue weighted by Crippen LogP contribution is -2.27. The zero-order chi connectivity index (χ0) is 13.0. The molecule has 4 heteroatoms. The quantitative estimate of drug-likeness (QED) is 0.840. The minimum Gasteiger partial charge on any atom is -0.385 e. The third-order valence-electron chi connectivity index (χ3n) is 3.37. The molecule has 1 heterocycles. The van der Waals surface area contributed by atoms with Crippen molar-refractivity contribution in [1.82, 2.24) is 5.32 Å². The SMILES string of the molecule is CCC(C)CNc1cccc(N2CCNC2=O)c1. The van der Waals surface area contributed by atoms with E-state index in [-0.39, 0.29) is 6.03 Å². The molecule has 1 saturated heterocycles. The summed E-state index contributed by atoms with van der Waals surface area (Å²) >= 11 is 0. The predicted octanol–water partition coefficient (Wildman–Crippen LogP) is 2.67. The van der Waals surface area contributed by atoms with Crippen LogP contribution in [0.15, 0.2) is 24.3 Å². The monoisotopic (exact) mass is 247 g/mol. The van der Waals surface area contributed by atoms with Gasteiger partial charge in [0.2, 0.25) is 0 Å². The van der Waals surface area contributed by atoms with Gasteiger partial charge in [0.25, 0.3) is 0 Å². The van der Waals surface area contributed by atoms with Crippen molar-refractivity contribution in [2.45, 2.75) is 20.3 Å². The first kappa shape index (κ1) is 12.7. The fourth-order valence-electron chi connectivity index (χ4n) is 1.94. The Morgan fingerprint density at radius 3 is 3.00 bits per heavy atom. The van der Waals surface area contributed by atoms with Crippen LogP contribution in [0.25, 0.3) is 0 Å². The van der Waals surface area contributed by atoms with Crippen LogP contribution >= 0.6 is 0 Å². The molecule has 0 saturated carbocycles. The number of hydrogen-bond acceptors (Lipinski definition) is 2. The van der Waals surface area contributed by atoms with Crippen molar-refractivity contribution in [3.63, 3.8) is 0 Å². The number of anilines is 2. The second kappa shape index (κ2) is 5.76. The van der Waals surface area contributed by atoms with Gasteiger partial charge in [0.15, 0.2) is 0 Å². The van der Waals surface area contributed by atoms with E-state index in [9.17, 15) is 4.79 Å². The summed E-state index contributed by atoms with van der Waals surface area (Å²) in [5.74, 6) is 0.656. The summed E-state index contributed by atoms with van der Waals surface area (Å²) < 4.78 is 0. The molecule has 1 aliphatic heterocycles. The molecule has 2 N–H and O–H groups in total. The molecule has 2 amide bonds. The van der Waals surface area contributed by atoms with E-state index >= 15 is 0 Å². The number of carbonyl (C=O) groups is 1. The van der Waals surface area contributed by atoms with E-state index in [4.69, 9.17) is 0 Å². The van der Waals surface area contributed by atoms with Gasteiger partial charge in [-0.25, -0.2) is 4.79 Å². The van der Waals surface area contributed by atoms with Gasteiger partial charge in [-0.05, 0) is 24.1 Å². The van der Waals surface area contributed by atoms with Gasteiger partial charge in [0.05, 0.1) is 0 Å². The average Bonchev–Trinajstić information content (AvgIpc) is 2.82. The molecule has 0 radical (unpaired) electrons. The van der Waals surface area contributed by atoms with Crippen LogP contribution in [0.5, 0.6) is 0 Å². The van der Waals surface area contributed by atoms with Gasteiger partial charge in [0.1, 0.15) is 0 Å². The average molecular weight is 247 g/mol. The van der Waals surface area contributed by atoms with Crippen LogP contribution < -0.4 is 15.5 Å². The van der Waals surface area contributed by atoms with Crippen LogP contribution in [0.4, 0.5) is 16.2 Å². The summed E-state index contributed by atoms with van der Waals surface area (Å²) in [4.78, 5) is 13.4. The molecule has 1 unspecified atom stereocenters. The molecule has 0 aromatic heterocycles. The number of rotatable bonds is 5. The third-order valence-corrected chi connectivity index (χ3v) is 3.37. The lowest BCUT2D eigenvalue weighted by Gasteiger charge is -2.17. The summed E-state index contributed by atoms with van der Waals surface area (Å²) in [6.45, 7) is 6.85. The zero-order valence-corrected chi connectivity index (χ0v) is 11.1. The Morgan fingerprint density at radius 2 is 2.33 bits per heavy atom. The van der Waals surface area contributed by atoms with Crippen molar-refractivity contribution < 1.29 is 4.79 Å². The molecule has 4 nitrogen and oxygen atoms in total. The summed E-state index contributed by atoms with van der Waals surface area (Å²) in [5, 5.41) is 6.23. The first-order chi connectivity index (χ1) is 8.70. The molecule has 18 heavy (non-hydrogen) atoms. The molecule has 1 aromatic rings. The number of benzene rings is 1. The third kappa shape index (κ3) is 2.94. The van der Waals surface area contributed by atoms with E-state index < -0.39 is 0 Å². The predicted molar refractivity (Wildman–Crippen MR) is 75.1 cm³/mol. The van der Waals surface area contributed by atoms with Crippen molar-refractivity contribution in [2.24, 2.45) is 5.92 Å². The molecule has 1 aromatic carbocycles. The minimum absolute atomic E-state index is 0.00548. The fraction of sp³-hybridized carbons (Fsp3) is 0.500. The molecule has 2 rings (SSSR count). The molecule has 0 spiro atoms. The van der Waals surface area contributed by atoms with Gasteiger partial charge >= 0.3 is 6.03 Å². The van der Waals surface area contributed by atoms with E-state index in [1.165, 1.54) is 6.42 Å². The molecular formula is C14H21N3O. The number of hydrogen-bond donors (Lipinski definition) is 2. The van der Waals surface area contributed by atoms with Gasteiger partial charge < -0.3 is 10.6 Å². The summed E-state index contributed by atoms with van der Waals surface area (Å²) in [6.07, 6.45) is 1.17. The van der Waals surface area contributed by atoms with Crippen molar-refractivity contribution in [3.8, 4) is 0 Å². The molecular weight excluding hydrogens is 226 g/mol. The Balaban J connectivity index is 2.03. The van der Waals surface area contributed by atoms with Gasteiger partial charge in [-0.1, -0.05) is 26.3 Å². The largest absolute Gasteiger partial charge is 0.385 e. The second-order valence-corrected chi connectivity index (χ2v) is 4.83. The van der Waals surface area contributed by atoms with Crippen LogP contribution in [0.1, 0.15) is 20.3 Å². The van der Waals surface area contributed by atoms with E-state index in [1.54, 1.807) is 4.90 Å². The highest BCUT2D eigenvalue weighted by molar-refractivity contribution is 5.94. The van der Waals surface area contributed by atoms with Crippen LogP contribution in [0.2, 0.25) is 0 Å². The maximum atomic E-state index is 11.6. The first-order valence-electron chi connectivity index (χ1n) is 6.60. The molecule has 1 atom stereocenters. The van der Waals surface area contributed by atoms with Gasteiger partial charge in [0, 0.05) is 31.0 Å². The van der Waals surface area contributed by atoms with Crippen molar-refractivity contribution in [2.75, 3.05) is 29.9 Å². The van der Waals surface area contributed by atoms with E-state index in [1.807, 2.05) is 24.3 Å². The summed E-state index contributed by atoms with van der Waals surface area (Å²) in [6, 6.07) is 8.03. The maximum absolute atomic E-state index is 11.6. The molecule has 0 aliphatic carbocycles. The van der Waals surface area contributed by atoms with E-state index in [0.29, 0.717) is 5.92 Å². The number of amides is 2. The standard InChI is InChI=1S/C14H21N3O/c1-3-11(2)10-16-12-5-4-6-13(9-12)17-8-7-15-14(17)18/h4-6,9,11,16H,3,7-8,10H2,1-2H3,(H,15,18). The second-order valence-electron chi connectivity index (χ2n) is 4.83. The zero-order valence-electron chi connectivity index (χ0n) is 11.1. The Bertz CT molecular complexity index is 419. The van der Waals surface area contributed by atoms with Crippen molar-refractivity contribution in [1.29, 1.82) is 0 Å². The Labute approximate surface area is 108 Å².